The molecule has 11 heavy (non-hydrogen) atoms. The van der Waals surface area contributed by atoms with Crippen LogP contribution < -0.4 is 0 Å². The molecule has 0 bridgehead atoms. The van der Waals surface area contributed by atoms with Crippen molar-refractivity contribution in [1.82, 2.24) is 0 Å². The van der Waals surface area contributed by atoms with Gasteiger partial charge in [0.1, 0.15) is 10.7 Å². The number of benzene rings is 1. The second-order valence-corrected chi connectivity index (χ2v) is 3.30. The molecule has 60 valence electrons. The van der Waals surface area contributed by atoms with Crippen molar-refractivity contribution in [3.8, 4) is 0 Å². The van der Waals surface area contributed by atoms with Crippen LogP contribution in [0.4, 0.5) is 4.39 Å². The Morgan fingerprint density at radius 2 is 1.82 bits per heavy atom. The van der Waals surface area contributed by atoms with Gasteiger partial charge in [0.2, 0.25) is 0 Å². The molecular weight excluding hydrogens is 171 g/mol. The maximum absolute atomic E-state index is 12.5. The molecule has 1 aromatic rings. The van der Waals surface area contributed by atoms with E-state index in [2.05, 4.69) is 0 Å². The fraction of sp³-hybridized carbons (Fsp3) is 0. The van der Waals surface area contributed by atoms with Gasteiger partial charge in [0.15, 0.2) is 0 Å². The Kier molecular flexibility index (Phi) is 1.92. The number of hydrogen-bond acceptors (Lipinski definition) is 2. The summed E-state index contributed by atoms with van der Waals surface area (Å²) in [6.07, 6.45) is 0. The minimum absolute atomic E-state index is 0.694. The Balaban J connectivity index is 3.37. The second kappa shape index (κ2) is 2.60. The number of rotatable bonds is 1. The minimum Gasteiger partial charge on any atom is -0.282 e. The van der Waals surface area contributed by atoms with Crippen LogP contribution in [0.25, 0.3) is 0 Å². The predicted octanol–water partition coefficient (Wildman–Crippen LogP) is 1.07. The van der Waals surface area contributed by atoms with Crippen LogP contribution in [0.1, 0.15) is 0 Å². The Morgan fingerprint density at radius 3 is 2.18 bits per heavy atom. The molecule has 0 aliphatic carbocycles. The van der Waals surface area contributed by atoms with Gasteiger partial charge >= 0.3 is 0 Å². The van der Waals surface area contributed by atoms with Crippen molar-refractivity contribution in [1.29, 1.82) is 0 Å². The lowest BCUT2D eigenvalue weighted by atomic mass is 10.4. The molecule has 0 saturated heterocycles. The second-order valence-electron chi connectivity index (χ2n) is 1.91. The van der Waals surface area contributed by atoms with Gasteiger partial charge < -0.3 is 0 Å². The molecule has 0 aliphatic heterocycles. The molecule has 0 amide bonds. The minimum atomic E-state index is -4.41. The number of halogens is 1. The maximum atomic E-state index is 12.5. The van der Waals surface area contributed by atoms with Gasteiger partial charge in [-0.2, -0.15) is 8.42 Å². The third-order valence-electron chi connectivity index (χ3n) is 1.11. The van der Waals surface area contributed by atoms with Gasteiger partial charge in [0.05, 0.1) is 0 Å². The molecule has 0 saturated carbocycles. The average Bonchev–Trinajstić information content (AvgIpc) is 1.86. The highest BCUT2D eigenvalue weighted by Gasteiger charge is 2.13. The summed E-state index contributed by atoms with van der Waals surface area (Å²) in [4.78, 5) is -0.694. The van der Waals surface area contributed by atoms with E-state index in [1.165, 1.54) is 12.1 Å². The van der Waals surface area contributed by atoms with Gasteiger partial charge in [-0.25, -0.2) is 4.39 Å². The fourth-order valence-corrected chi connectivity index (χ4v) is 1.22. The van der Waals surface area contributed by atoms with Crippen molar-refractivity contribution in [2.45, 2.75) is 4.90 Å². The quantitative estimate of drug-likeness (QED) is 0.651. The molecule has 0 heterocycles. The summed E-state index contributed by atoms with van der Waals surface area (Å²) in [6, 6.07) is 4.62. The first-order valence-corrected chi connectivity index (χ1v) is 4.18. The molecule has 0 unspecified atom stereocenters. The van der Waals surface area contributed by atoms with Gasteiger partial charge in [-0.15, -0.1) is 0 Å². The molecule has 1 N–H and O–H groups in total. The molecule has 0 atom stereocenters. The normalized spacial score (nSPS) is 11.5. The van der Waals surface area contributed by atoms with Gasteiger partial charge in [0, 0.05) is 0 Å². The topological polar surface area (TPSA) is 54.4 Å². The highest BCUT2D eigenvalue weighted by atomic mass is 32.2. The molecule has 0 aromatic heterocycles. The van der Waals surface area contributed by atoms with E-state index in [0.717, 1.165) is 12.1 Å². The SMILES string of the molecule is O=S(=O)(O)c1ccccc1F. The first-order chi connectivity index (χ1) is 5.02. The van der Waals surface area contributed by atoms with Gasteiger partial charge in [-0.1, -0.05) is 12.1 Å². The standard InChI is InChI=1S/C6H5FO3S/c7-5-3-1-2-4-6(5)11(8,9)10/h1-4H,(H,8,9,10). The van der Waals surface area contributed by atoms with Crippen molar-refractivity contribution in [2.75, 3.05) is 0 Å². The smallest absolute Gasteiger partial charge is 0.282 e. The van der Waals surface area contributed by atoms with Gasteiger partial charge in [0.25, 0.3) is 10.1 Å². The maximum Gasteiger partial charge on any atom is 0.297 e. The zero-order valence-corrected chi connectivity index (χ0v) is 6.18. The summed E-state index contributed by atoms with van der Waals surface area (Å²) < 4.78 is 41.7. The lowest BCUT2D eigenvalue weighted by Crippen LogP contribution is -2.00. The van der Waals surface area contributed by atoms with Gasteiger partial charge in [-0.05, 0) is 12.1 Å². The van der Waals surface area contributed by atoms with E-state index in [4.69, 9.17) is 4.55 Å². The molecule has 5 heteroatoms. The van der Waals surface area contributed by atoms with E-state index < -0.39 is 20.8 Å². The van der Waals surface area contributed by atoms with Crippen molar-refractivity contribution in [2.24, 2.45) is 0 Å². The van der Waals surface area contributed by atoms with Crippen molar-refractivity contribution >= 4 is 10.1 Å². The van der Waals surface area contributed by atoms with Crippen LogP contribution in [-0.2, 0) is 10.1 Å². The number of hydrogen-bond donors (Lipinski definition) is 1. The summed E-state index contributed by atoms with van der Waals surface area (Å²) in [7, 11) is -4.41. The predicted molar refractivity (Wildman–Crippen MR) is 36.2 cm³/mol. The van der Waals surface area contributed by atoms with Crippen LogP contribution in [-0.4, -0.2) is 13.0 Å². The summed E-state index contributed by atoms with van der Waals surface area (Å²) >= 11 is 0. The molecule has 0 fully saturated rings. The van der Waals surface area contributed by atoms with Crippen molar-refractivity contribution in [3.63, 3.8) is 0 Å². The highest BCUT2D eigenvalue weighted by molar-refractivity contribution is 7.85. The van der Waals surface area contributed by atoms with E-state index in [-0.39, 0.29) is 0 Å². The highest BCUT2D eigenvalue weighted by Crippen LogP contribution is 2.11. The summed E-state index contributed by atoms with van der Waals surface area (Å²) in [5.74, 6) is -0.949. The molecule has 3 nitrogen and oxygen atoms in total. The molecule has 0 spiro atoms. The Labute approximate surface area is 63.2 Å². The first-order valence-electron chi connectivity index (χ1n) is 2.74. The Bertz CT molecular complexity index is 358. The first kappa shape index (κ1) is 8.16. The van der Waals surface area contributed by atoms with E-state index in [0.29, 0.717) is 0 Å². The van der Waals surface area contributed by atoms with Crippen LogP contribution >= 0.6 is 0 Å². The fourth-order valence-electron chi connectivity index (χ4n) is 0.654. The third-order valence-corrected chi connectivity index (χ3v) is 2.00. The van der Waals surface area contributed by atoms with Crippen LogP contribution in [0.3, 0.4) is 0 Å². The van der Waals surface area contributed by atoms with Crippen LogP contribution in [0.15, 0.2) is 29.2 Å². The lowest BCUT2D eigenvalue weighted by molar-refractivity contribution is 0.473. The molecule has 1 rings (SSSR count). The molecule has 0 radical (unpaired) electrons. The summed E-state index contributed by atoms with van der Waals surface area (Å²) in [5, 5.41) is 0. The van der Waals surface area contributed by atoms with Crippen LogP contribution in [0.5, 0.6) is 0 Å². The summed E-state index contributed by atoms with van der Waals surface area (Å²) in [5.41, 5.74) is 0. The average molecular weight is 176 g/mol. The molecular formula is C6H5FO3S. The largest absolute Gasteiger partial charge is 0.297 e. The zero-order chi connectivity index (χ0) is 8.48. The molecule has 0 aliphatic rings. The van der Waals surface area contributed by atoms with E-state index >= 15 is 0 Å². The van der Waals surface area contributed by atoms with Crippen molar-refractivity contribution in [3.05, 3.63) is 30.1 Å². The Morgan fingerprint density at radius 1 is 1.27 bits per heavy atom. The van der Waals surface area contributed by atoms with Crippen molar-refractivity contribution < 1.29 is 17.4 Å². The van der Waals surface area contributed by atoms with Gasteiger partial charge in [-0.3, -0.25) is 4.55 Å². The monoisotopic (exact) mass is 176 g/mol. The summed E-state index contributed by atoms with van der Waals surface area (Å²) in [6.45, 7) is 0. The third kappa shape index (κ3) is 1.75. The van der Waals surface area contributed by atoms with E-state index in [9.17, 15) is 12.8 Å². The zero-order valence-electron chi connectivity index (χ0n) is 5.36. The Hall–Kier alpha value is -0.940. The lowest BCUT2D eigenvalue weighted by Gasteiger charge is -1.95. The van der Waals surface area contributed by atoms with E-state index in [1.807, 2.05) is 0 Å². The molecule has 1 aromatic carbocycles. The van der Waals surface area contributed by atoms with Crippen LogP contribution in [0.2, 0.25) is 0 Å². The van der Waals surface area contributed by atoms with Crippen LogP contribution in [0, 0.1) is 5.82 Å². The van der Waals surface area contributed by atoms with E-state index in [1.54, 1.807) is 0 Å².